The number of hydrogen-bond donors (Lipinski definition) is 0. The summed E-state index contributed by atoms with van der Waals surface area (Å²) < 4.78 is 37.0. The van der Waals surface area contributed by atoms with E-state index < -0.39 is 12.1 Å². The number of benzene rings is 1. The van der Waals surface area contributed by atoms with E-state index in [0.717, 1.165) is 6.92 Å². The lowest BCUT2D eigenvalue weighted by molar-refractivity contribution is -0.108. The van der Waals surface area contributed by atoms with Crippen molar-refractivity contribution in [3.05, 3.63) is 41.3 Å². The maximum atomic E-state index is 12.3. The zero-order valence-corrected chi connectivity index (χ0v) is 8.35. The number of rotatable bonds is 2. The largest absolute Gasteiger partial charge is 0.367 e. The lowest BCUT2D eigenvalue weighted by atomic mass is 9.98. The summed E-state index contributed by atoms with van der Waals surface area (Å²) in [5.41, 5.74) is 0.325. The van der Waals surface area contributed by atoms with E-state index in [9.17, 15) is 18.0 Å². The first kappa shape index (κ1) is 11.6. The highest BCUT2D eigenvalue weighted by Crippen LogP contribution is 2.33. The molecule has 0 aliphatic carbocycles. The number of ketones is 1. The van der Waals surface area contributed by atoms with Crippen LogP contribution in [0.3, 0.4) is 0 Å². The molecule has 0 saturated carbocycles. The minimum absolute atomic E-state index is 0.0372. The SMILES string of the molecule is CC(=O)c1cccc([C-](C)C(F)(F)F)c1. The molecule has 0 atom stereocenters. The van der Waals surface area contributed by atoms with Crippen molar-refractivity contribution in [2.45, 2.75) is 20.0 Å². The van der Waals surface area contributed by atoms with E-state index in [1.54, 1.807) is 0 Å². The van der Waals surface area contributed by atoms with Crippen molar-refractivity contribution >= 4 is 5.78 Å². The average Bonchev–Trinajstić information content (AvgIpc) is 2.15. The van der Waals surface area contributed by atoms with Crippen LogP contribution in [0.4, 0.5) is 13.2 Å². The fourth-order valence-corrected chi connectivity index (χ4v) is 1.14. The monoisotopic (exact) mass is 215 g/mol. The van der Waals surface area contributed by atoms with Gasteiger partial charge >= 0.3 is 6.18 Å². The molecule has 82 valence electrons. The Kier molecular flexibility index (Phi) is 3.07. The lowest BCUT2D eigenvalue weighted by Crippen LogP contribution is -2.18. The Labute approximate surface area is 85.9 Å². The Bertz CT molecular complexity index is 368. The predicted molar refractivity (Wildman–Crippen MR) is 50.5 cm³/mol. The van der Waals surface area contributed by atoms with Gasteiger partial charge in [0.1, 0.15) is 5.78 Å². The molecule has 0 N–H and O–H groups in total. The average molecular weight is 215 g/mol. The normalized spacial score (nSPS) is 11.3. The molecule has 0 aliphatic heterocycles. The zero-order valence-electron chi connectivity index (χ0n) is 8.35. The molecule has 0 unspecified atom stereocenters. The van der Waals surface area contributed by atoms with Gasteiger partial charge in [-0.25, -0.2) is 0 Å². The van der Waals surface area contributed by atoms with Crippen molar-refractivity contribution < 1.29 is 18.0 Å². The maximum Gasteiger partial charge on any atom is 0.367 e. The van der Waals surface area contributed by atoms with Crippen LogP contribution in [-0.2, 0) is 0 Å². The number of carbonyl (C=O) groups excluding carboxylic acids is 1. The van der Waals surface area contributed by atoms with Crippen molar-refractivity contribution in [3.8, 4) is 0 Å². The second-order valence-electron chi connectivity index (χ2n) is 3.26. The predicted octanol–water partition coefficient (Wildman–Crippen LogP) is 3.39. The molecule has 0 aliphatic rings. The summed E-state index contributed by atoms with van der Waals surface area (Å²) in [5.74, 6) is -0.933. The Morgan fingerprint density at radius 1 is 1.33 bits per heavy atom. The summed E-state index contributed by atoms with van der Waals surface area (Å²) in [6.45, 7) is 2.32. The molecule has 1 rings (SSSR count). The third kappa shape index (κ3) is 2.75. The van der Waals surface area contributed by atoms with E-state index in [2.05, 4.69) is 0 Å². The highest BCUT2D eigenvalue weighted by atomic mass is 19.4. The minimum Gasteiger partial charge on any atom is -0.296 e. The van der Waals surface area contributed by atoms with Crippen LogP contribution in [0, 0.1) is 5.92 Å². The topological polar surface area (TPSA) is 17.1 Å². The molecule has 0 fully saturated rings. The third-order valence-corrected chi connectivity index (χ3v) is 2.13. The number of carbonyl (C=O) groups is 1. The molecule has 0 saturated heterocycles. The van der Waals surface area contributed by atoms with Crippen LogP contribution in [0.2, 0.25) is 0 Å². The first-order valence-electron chi connectivity index (χ1n) is 4.34. The molecule has 0 amide bonds. The smallest absolute Gasteiger partial charge is 0.296 e. The van der Waals surface area contributed by atoms with Gasteiger partial charge in [0.2, 0.25) is 0 Å². The van der Waals surface area contributed by atoms with Gasteiger partial charge in [-0.05, 0) is 12.5 Å². The summed E-state index contributed by atoms with van der Waals surface area (Å²) in [6.07, 6.45) is -4.35. The molecule has 0 bridgehead atoms. The van der Waals surface area contributed by atoms with Gasteiger partial charge in [-0.1, -0.05) is 18.9 Å². The molecule has 0 spiro atoms. The standard InChI is InChI=1S/C11H10F3O/c1-7(11(12,13)14)9-4-3-5-10(6-9)8(2)15/h3-6H,1-2H3/q-1. The van der Waals surface area contributed by atoms with Crippen LogP contribution >= 0.6 is 0 Å². The zero-order chi connectivity index (χ0) is 11.6. The van der Waals surface area contributed by atoms with Gasteiger partial charge in [-0.15, -0.1) is 6.07 Å². The van der Waals surface area contributed by atoms with Crippen LogP contribution < -0.4 is 0 Å². The van der Waals surface area contributed by atoms with Crippen molar-refractivity contribution in [2.24, 2.45) is 0 Å². The van der Waals surface area contributed by atoms with Gasteiger partial charge in [0, 0.05) is 0 Å². The highest BCUT2D eigenvalue weighted by Gasteiger charge is 2.30. The van der Waals surface area contributed by atoms with Crippen LogP contribution in [-0.4, -0.2) is 12.0 Å². The van der Waals surface area contributed by atoms with Crippen LogP contribution in [0.25, 0.3) is 0 Å². The Morgan fingerprint density at radius 3 is 2.40 bits per heavy atom. The first-order chi connectivity index (χ1) is 6.82. The second-order valence-corrected chi connectivity index (χ2v) is 3.26. The fourth-order valence-electron chi connectivity index (χ4n) is 1.14. The van der Waals surface area contributed by atoms with Gasteiger partial charge in [-0.2, -0.15) is 30.9 Å². The van der Waals surface area contributed by atoms with Gasteiger partial charge in [-0.3, -0.25) is 4.79 Å². The van der Waals surface area contributed by atoms with E-state index in [-0.39, 0.29) is 16.9 Å². The molecular weight excluding hydrogens is 205 g/mol. The van der Waals surface area contributed by atoms with E-state index in [1.165, 1.54) is 31.2 Å². The summed E-state index contributed by atoms with van der Waals surface area (Å²) in [5, 5.41) is 0. The van der Waals surface area contributed by atoms with Crippen molar-refractivity contribution in [1.29, 1.82) is 0 Å². The Morgan fingerprint density at radius 2 is 1.93 bits per heavy atom. The molecule has 1 nitrogen and oxygen atoms in total. The van der Waals surface area contributed by atoms with Crippen molar-refractivity contribution in [2.75, 3.05) is 0 Å². The number of hydrogen-bond acceptors (Lipinski definition) is 1. The van der Waals surface area contributed by atoms with E-state index in [0.29, 0.717) is 0 Å². The molecule has 0 heterocycles. The van der Waals surface area contributed by atoms with Crippen LogP contribution in [0.1, 0.15) is 29.8 Å². The fraction of sp³-hybridized carbons (Fsp3) is 0.273. The first-order valence-corrected chi connectivity index (χ1v) is 4.34. The molecule has 1 aromatic rings. The second kappa shape index (κ2) is 3.96. The van der Waals surface area contributed by atoms with E-state index in [1.807, 2.05) is 0 Å². The summed E-state index contributed by atoms with van der Waals surface area (Å²) in [4.78, 5) is 11.0. The highest BCUT2D eigenvalue weighted by molar-refractivity contribution is 5.94. The molecule has 1 aromatic carbocycles. The van der Waals surface area contributed by atoms with Crippen molar-refractivity contribution in [3.63, 3.8) is 0 Å². The van der Waals surface area contributed by atoms with Crippen LogP contribution in [0.15, 0.2) is 24.3 Å². The van der Waals surface area contributed by atoms with Gasteiger partial charge in [0.25, 0.3) is 0 Å². The van der Waals surface area contributed by atoms with Gasteiger partial charge in [0.15, 0.2) is 0 Å². The lowest BCUT2D eigenvalue weighted by Gasteiger charge is -2.24. The summed E-state index contributed by atoms with van der Waals surface area (Å²) in [6, 6.07) is 5.54. The van der Waals surface area contributed by atoms with Crippen molar-refractivity contribution in [1.82, 2.24) is 0 Å². The Balaban J connectivity index is 3.06. The number of halogens is 3. The maximum absolute atomic E-state index is 12.3. The number of alkyl halides is 3. The van der Waals surface area contributed by atoms with Crippen LogP contribution in [0.5, 0.6) is 0 Å². The van der Waals surface area contributed by atoms with Gasteiger partial charge in [0.05, 0.1) is 0 Å². The quantitative estimate of drug-likeness (QED) is 0.546. The molecule has 0 radical (unpaired) electrons. The molecule has 4 heteroatoms. The summed E-state index contributed by atoms with van der Waals surface area (Å²) >= 11 is 0. The van der Waals surface area contributed by atoms with Gasteiger partial charge < -0.3 is 0 Å². The van der Waals surface area contributed by atoms with E-state index in [4.69, 9.17) is 0 Å². The molecule has 0 aromatic heterocycles. The molecule has 15 heavy (non-hydrogen) atoms. The Hall–Kier alpha value is -1.45. The minimum atomic E-state index is -4.35. The number of Topliss-reactive ketones (excluding diaryl/α,β-unsaturated/α-hetero) is 1. The van der Waals surface area contributed by atoms with E-state index >= 15 is 0 Å². The molecular formula is C11H10F3O-. The third-order valence-electron chi connectivity index (χ3n) is 2.13. The summed E-state index contributed by atoms with van der Waals surface area (Å²) in [7, 11) is 0.